The normalized spacial score (nSPS) is 25.9. The third kappa shape index (κ3) is 1.47. The van der Waals surface area contributed by atoms with E-state index >= 15 is 0 Å². The molecule has 1 aliphatic carbocycles. The van der Waals surface area contributed by atoms with Gasteiger partial charge in [0.2, 0.25) is 11.6 Å². The Morgan fingerprint density at radius 3 is 2.31 bits per heavy atom. The van der Waals surface area contributed by atoms with Crippen molar-refractivity contribution in [2.24, 2.45) is 5.73 Å². The van der Waals surface area contributed by atoms with Crippen LogP contribution < -0.4 is 5.73 Å². The molecule has 4 heteroatoms. The van der Waals surface area contributed by atoms with E-state index in [4.69, 9.17) is 5.73 Å². The molecule has 4 nitrogen and oxygen atoms in total. The molecule has 1 atom stereocenters. The summed E-state index contributed by atoms with van der Waals surface area (Å²) < 4.78 is 0. The number of carbonyl (C=O) groups is 3. The minimum absolute atomic E-state index is 0.0377. The molecular formula is C12H11NO3. The van der Waals surface area contributed by atoms with Crippen LogP contribution in [0, 0.1) is 0 Å². The van der Waals surface area contributed by atoms with Crippen molar-refractivity contribution in [3.63, 3.8) is 0 Å². The number of Topliss-reactive ketones (excluding diaryl/α,β-unsaturated/α-hetero) is 3. The van der Waals surface area contributed by atoms with Crippen molar-refractivity contribution in [3.8, 4) is 0 Å². The van der Waals surface area contributed by atoms with E-state index in [0.29, 0.717) is 5.56 Å². The van der Waals surface area contributed by atoms with Gasteiger partial charge in [0.1, 0.15) is 5.54 Å². The number of rotatable bonds is 1. The Balaban J connectivity index is 2.43. The maximum atomic E-state index is 11.8. The van der Waals surface area contributed by atoms with E-state index in [9.17, 15) is 14.4 Å². The summed E-state index contributed by atoms with van der Waals surface area (Å²) in [5.74, 6) is -2.41. The number of benzene rings is 1. The zero-order valence-corrected chi connectivity index (χ0v) is 8.60. The second-order valence-electron chi connectivity index (χ2n) is 3.92. The fourth-order valence-electron chi connectivity index (χ4n) is 1.88. The van der Waals surface area contributed by atoms with E-state index in [0.717, 1.165) is 0 Å². The van der Waals surface area contributed by atoms with Crippen molar-refractivity contribution in [1.82, 2.24) is 0 Å². The number of ketones is 3. The average Bonchev–Trinajstić information content (AvgIpc) is 2.33. The summed E-state index contributed by atoms with van der Waals surface area (Å²) in [5, 5.41) is 0. The lowest BCUT2D eigenvalue weighted by molar-refractivity contribution is -0.149. The van der Waals surface area contributed by atoms with Gasteiger partial charge < -0.3 is 5.73 Å². The van der Waals surface area contributed by atoms with E-state index in [1.807, 2.05) is 0 Å². The maximum absolute atomic E-state index is 11.8. The molecule has 1 unspecified atom stereocenters. The van der Waals surface area contributed by atoms with Crippen LogP contribution in [0.2, 0.25) is 0 Å². The van der Waals surface area contributed by atoms with Crippen LogP contribution in [0.15, 0.2) is 30.3 Å². The van der Waals surface area contributed by atoms with Crippen molar-refractivity contribution >= 4 is 17.3 Å². The van der Waals surface area contributed by atoms with Gasteiger partial charge in [0.25, 0.3) is 5.78 Å². The van der Waals surface area contributed by atoms with E-state index in [-0.39, 0.29) is 12.8 Å². The van der Waals surface area contributed by atoms with Gasteiger partial charge in [0, 0.05) is 6.42 Å². The maximum Gasteiger partial charge on any atom is 0.266 e. The Hall–Kier alpha value is -1.81. The molecule has 1 aromatic carbocycles. The standard InChI is InChI=1S/C12H11NO3/c13-12(8-4-2-1-3-5-8)7-6-9(14)10(15)11(12)16/h1-5H,6-7,13H2. The summed E-state index contributed by atoms with van der Waals surface area (Å²) in [7, 11) is 0. The first-order valence-electron chi connectivity index (χ1n) is 5.02. The number of hydrogen-bond acceptors (Lipinski definition) is 4. The van der Waals surface area contributed by atoms with Crippen molar-refractivity contribution < 1.29 is 14.4 Å². The van der Waals surface area contributed by atoms with E-state index in [2.05, 4.69) is 0 Å². The minimum atomic E-state index is -1.33. The SMILES string of the molecule is NC1(c2ccccc2)CCC(=O)C(=O)C1=O. The Bertz CT molecular complexity index is 466. The van der Waals surface area contributed by atoms with Gasteiger partial charge in [0.15, 0.2) is 0 Å². The molecule has 0 radical (unpaired) electrons. The van der Waals surface area contributed by atoms with Crippen molar-refractivity contribution in [1.29, 1.82) is 0 Å². The lowest BCUT2D eigenvalue weighted by atomic mass is 9.75. The number of hydrogen-bond donors (Lipinski definition) is 1. The zero-order chi connectivity index (χ0) is 11.8. The zero-order valence-electron chi connectivity index (χ0n) is 8.60. The highest BCUT2D eigenvalue weighted by atomic mass is 16.2. The molecule has 0 heterocycles. The van der Waals surface area contributed by atoms with E-state index in [1.165, 1.54) is 0 Å². The molecule has 0 spiro atoms. The summed E-state index contributed by atoms with van der Waals surface area (Å²) in [4.78, 5) is 34.2. The van der Waals surface area contributed by atoms with Gasteiger partial charge in [-0.25, -0.2) is 0 Å². The van der Waals surface area contributed by atoms with Crippen LogP contribution in [0.25, 0.3) is 0 Å². The van der Waals surface area contributed by atoms with Gasteiger partial charge in [-0.2, -0.15) is 0 Å². The third-order valence-corrected chi connectivity index (χ3v) is 2.90. The van der Waals surface area contributed by atoms with Gasteiger partial charge in [-0.1, -0.05) is 30.3 Å². The Labute approximate surface area is 92.4 Å². The minimum Gasteiger partial charge on any atom is -0.315 e. The van der Waals surface area contributed by atoms with Crippen LogP contribution >= 0.6 is 0 Å². The van der Waals surface area contributed by atoms with Gasteiger partial charge in [-0.05, 0) is 12.0 Å². The highest BCUT2D eigenvalue weighted by Crippen LogP contribution is 2.29. The first kappa shape index (κ1) is 10.7. The Kier molecular flexibility index (Phi) is 2.44. The molecule has 0 saturated heterocycles. The first-order chi connectivity index (χ1) is 7.55. The summed E-state index contributed by atoms with van der Waals surface area (Å²) in [6.07, 6.45) is 0.233. The van der Waals surface area contributed by atoms with Gasteiger partial charge in [0.05, 0.1) is 0 Å². The Morgan fingerprint density at radius 2 is 1.69 bits per heavy atom. The molecule has 0 bridgehead atoms. The molecule has 1 aliphatic rings. The molecule has 2 N–H and O–H groups in total. The highest BCUT2D eigenvalue weighted by molar-refractivity contribution is 6.66. The molecule has 1 aromatic rings. The second kappa shape index (κ2) is 3.64. The Morgan fingerprint density at radius 1 is 1.06 bits per heavy atom. The van der Waals surface area contributed by atoms with E-state index < -0.39 is 22.9 Å². The topological polar surface area (TPSA) is 77.2 Å². The average molecular weight is 217 g/mol. The van der Waals surface area contributed by atoms with Crippen molar-refractivity contribution in [2.45, 2.75) is 18.4 Å². The van der Waals surface area contributed by atoms with Crippen molar-refractivity contribution in [3.05, 3.63) is 35.9 Å². The molecule has 0 amide bonds. The molecule has 1 fully saturated rings. The molecule has 1 saturated carbocycles. The van der Waals surface area contributed by atoms with Crippen LogP contribution in [0.4, 0.5) is 0 Å². The fraction of sp³-hybridized carbons (Fsp3) is 0.250. The fourth-order valence-corrected chi connectivity index (χ4v) is 1.88. The molecule has 82 valence electrons. The largest absolute Gasteiger partial charge is 0.315 e. The van der Waals surface area contributed by atoms with Gasteiger partial charge in [-0.15, -0.1) is 0 Å². The predicted molar refractivity (Wildman–Crippen MR) is 56.6 cm³/mol. The van der Waals surface area contributed by atoms with Crippen LogP contribution in [0.5, 0.6) is 0 Å². The quantitative estimate of drug-likeness (QED) is 0.688. The third-order valence-electron chi connectivity index (χ3n) is 2.90. The molecular weight excluding hydrogens is 206 g/mol. The summed E-state index contributed by atoms with van der Waals surface area (Å²) >= 11 is 0. The van der Waals surface area contributed by atoms with E-state index in [1.54, 1.807) is 30.3 Å². The second-order valence-corrected chi connectivity index (χ2v) is 3.92. The summed E-state index contributed by atoms with van der Waals surface area (Å²) in [6.45, 7) is 0. The lowest BCUT2D eigenvalue weighted by Gasteiger charge is -2.30. The van der Waals surface area contributed by atoms with Crippen LogP contribution in [-0.4, -0.2) is 17.3 Å². The highest BCUT2D eigenvalue weighted by Gasteiger charge is 2.46. The number of carbonyl (C=O) groups excluding carboxylic acids is 3. The molecule has 0 aromatic heterocycles. The van der Waals surface area contributed by atoms with Crippen LogP contribution in [-0.2, 0) is 19.9 Å². The number of nitrogens with two attached hydrogens (primary N) is 1. The molecule has 2 rings (SSSR count). The molecule has 16 heavy (non-hydrogen) atoms. The summed E-state index contributed by atoms with van der Waals surface area (Å²) in [5.41, 5.74) is 5.21. The van der Waals surface area contributed by atoms with Gasteiger partial charge >= 0.3 is 0 Å². The smallest absolute Gasteiger partial charge is 0.266 e. The first-order valence-corrected chi connectivity index (χ1v) is 5.02. The predicted octanol–water partition coefficient (Wildman–Crippen LogP) is 0.342. The van der Waals surface area contributed by atoms with Crippen LogP contribution in [0.1, 0.15) is 18.4 Å². The summed E-state index contributed by atoms with van der Waals surface area (Å²) in [6, 6.07) is 8.69. The van der Waals surface area contributed by atoms with Crippen molar-refractivity contribution in [2.75, 3.05) is 0 Å². The molecule has 0 aliphatic heterocycles. The van der Waals surface area contributed by atoms with Gasteiger partial charge in [-0.3, -0.25) is 14.4 Å². The lowest BCUT2D eigenvalue weighted by Crippen LogP contribution is -2.53. The van der Waals surface area contributed by atoms with Crippen LogP contribution in [0.3, 0.4) is 0 Å². The monoisotopic (exact) mass is 217 g/mol.